The molecule has 1 aromatic heterocycles. The number of ether oxygens (including phenoxy) is 1. The van der Waals surface area contributed by atoms with Gasteiger partial charge in [-0.25, -0.2) is 12.4 Å². The zero-order valence-electron chi connectivity index (χ0n) is 22.7. The summed E-state index contributed by atoms with van der Waals surface area (Å²) in [6.45, 7) is 8.33. The van der Waals surface area contributed by atoms with Crippen molar-refractivity contribution in [1.82, 2.24) is 8.87 Å². The molecule has 3 aromatic carbocycles. The first-order valence-electron chi connectivity index (χ1n) is 13.0. The molecule has 0 bridgehead atoms. The maximum absolute atomic E-state index is 13.5. The molecule has 206 valence electrons. The van der Waals surface area contributed by atoms with Gasteiger partial charge in [0.25, 0.3) is 21.2 Å². The van der Waals surface area contributed by atoms with E-state index in [2.05, 4.69) is 13.8 Å². The fraction of sp³-hybridized carbons (Fsp3) is 0.226. The summed E-state index contributed by atoms with van der Waals surface area (Å²) < 4.78 is 34.2. The van der Waals surface area contributed by atoms with Crippen molar-refractivity contribution in [2.75, 3.05) is 13.2 Å². The molecule has 2 heterocycles. The van der Waals surface area contributed by atoms with Crippen LogP contribution in [0.2, 0.25) is 0 Å². The molecule has 4 aromatic rings. The van der Waals surface area contributed by atoms with Gasteiger partial charge in [-0.2, -0.15) is 0 Å². The van der Waals surface area contributed by atoms with Crippen LogP contribution in [0.5, 0.6) is 5.75 Å². The van der Waals surface area contributed by atoms with Crippen molar-refractivity contribution >= 4 is 49.9 Å². The van der Waals surface area contributed by atoms with Crippen LogP contribution in [-0.4, -0.2) is 41.6 Å². The fourth-order valence-corrected chi connectivity index (χ4v) is 6.87. The summed E-state index contributed by atoms with van der Waals surface area (Å²) in [6, 6.07) is 19.8. The van der Waals surface area contributed by atoms with Crippen LogP contribution in [0.15, 0.2) is 82.7 Å². The second-order valence-electron chi connectivity index (χ2n) is 10.1. The Morgan fingerprint density at radius 3 is 2.38 bits per heavy atom. The zero-order valence-corrected chi connectivity index (χ0v) is 24.4. The molecular weight excluding hydrogens is 544 g/mol. The molecule has 0 N–H and O–H groups in total. The number of aryl methyl sites for hydroxylation is 2. The van der Waals surface area contributed by atoms with Crippen molar-refractivity contribution in [1.29, 1.82) is 0 Å². The number of carbonyl (C=O) groups excluding carboxylic acids is 2. The second kappa shape index (κ2) is 11.0. The van der Waals surface area contributed by atoms with Crippen LogP contribution >= 0.6 is 11.8 Å². The van der Waals surface area contributed by atoms with Crippen LogP contribution in [0.3, 0.4) is 0 Å². The first-order valence-corrected chi connectivity index (χ1v) is 15.2. The Labute approximate surface area is 238 Å². The number of rotatable bonds is 8. The minimum absolute atomic E-state index is 0.108. The molecule has 0 atom stereocenters. The number of hydrogen-bond acceptors (Lipinski definition) is 6. The molecule has 1 fully saturated rings. The summed E-state index contributed by atoms with van der Waals surface area (Å²) in [6.07, 6.45) is 3.09. The van der Waals surface area contributed by atoms with E-state index in [9.17, 15) is 18.0 Å². The van der Waals surface area contributed by atoms with Crippen molar-refractivity contribution < 1.29 is 22.7 Å². The summed E-state index contributed by atoms with van der Waals surface area (Å²) in [5.41, 5.74) is 4.11. The Morgan fingerprint density at radius 2 is 1.65 bits per heavy atom. The minimum Gasteiger partial charge on any atom is -0.491 e. The molecule has 5 rings (SSSR count). The van der Waals surface area contributed by atoms with Gasteiger partial charge in [0.2, 0.25) is 0 Å². The number of amides is 2. The van der Waals surface area contributed by atoms with E-state index in [-0.39, 0.29) is 34.1 Å². The van der Waals surface area contributed by atoms with Crippen LogP contribution in [0.1, 0.15) is 42.0 Å². The summed E-state index contributed by atoms with van der Waals surface area (Å²) in [5.74, 6) is 0.595. The molecule has 0 spiro atoms. The molecule has 2 amide bonds. The molecule has 0 unspecified atom stereocenters. The van der Waals surface area contributed by atoms with Gasteiger partial charge in [-0.05, 0) is 73.0 Å². The first kappa shape index (κ1) is 27.7. The van der Waals surface area contributed by atoms with Crippen LogP contribution < -0.4 is 4.74 Å². The maximum Gasteiger partial charge on any atom is 0.293 e. The van der Waals surface area contributed by atoms with Crippen molar-refractivity contribution in [3.8, 4) is 5.75 Å². The number of hydrogen-bond donors (Lipinski definition) is 0. The lowest BCUT2D eigenvalue weighted by molar-refractivity contribution is -0.123. The molecule has 1 aliphatic heterocycles. The van der Waals surface area contributed by atoms with Crippen molar-refractivity contribution in [2.45, 2.75) is 38.5 Å². The maximum atomic E-state index is 13.5. The van der Waals surface area contributed by atoms with Gasteiger partial charge in [0.1, 0.15) is 12.4 Å². The number of carbonyl (C=O) groups is 2. The molecule has 7 nitrogen and oxygen atoms in total. The fourth-order valence-electron chi connectivity index (χ4n) is 4.64. The number of imide groups is 1. The Balaban J connectivity index is 1.40. The van der Waals surface area contributed by atoms with Crippen LogP contribution in [0, 0.1) is 13.8 Å². The average molecular weight is 575 g/mol. The van der Waals surface area contributed by atoms with Gasteiger partial charge in [-0.1, -0.05) is 61.9 Å². The highest BCUT2D eigenvalue weighted by Gasteiger charge is 2.35. The normalized spacial score (nSPS) is 15.1. The average Bonchev–Trinajstić information content (AvgIpc) is 3.42. The molecule has 40 heavy (non-hydrogen) atoms. The monoisotopic (exact) mass is 574 g/mol. The zero-order chi connectivity index (χ0) is 28.6. The van der Waals surface area contributed by atoms with Gasteiger partial charge in [0.05, 0.1) is 21.9 Å². The van der Waals surface area contributed by atoms with E-state index in [1.165, 1.54) is 15.1 Å². The highest BCUT2D eigenvalue weighted by atomic mass is 32.2. The van der Waals surface area contributed by atoms with Gasteiger partial charge < -0.3 is 4.74 Å². The molecule has 1 saturated heterocycles. The summed E-state index contributed by atoms with van der Waals surface area (Å²) in [7, 11) is -3.88. The highest BCUT2D eigenvalue weighted by molar-refractivity contribution is 8.18. The number of fused-ring (bicyclic) bond motifs is 1. The molecule has 9 heteroatoms. The quantitative estimate of drug-likeness (QED) is 0.217. The van der Waals surface area contributed by atoms with E-state index in [1.54, 1.807) is 48.5 Å². The predicted molar refractivity (Wildman–Crippen MR) is 159 cm³/mol. The number of benzene rings is 3. The van der Waals surface area contributed by atoms with Crippen molar-refractivity contribution in [3.63, 3.8) is 0 Å². The third-order valence-corrected chi connectivity index (χ3v) is 9.41. The van der Waals surface area contributed by atoms with Gasteiger partial charge >= 0.3 is 0 Å². The first-order chi connectivity index (χ1) is 19.1. The summed E-state index contributed by atoms with van der Waals surface area (Å²) in [5, 5.41) is 0.276. The lowest BCUT2D eigenvalue weighted by Gasteiger charge is -2.17. The van der Waals surface area contributed by atoms with E-state index in [4.69, 9.17) is 4.74 Å². The van der Waals surface area contributed by atoms with Crippen molar-refractivity contribution in [3.05, 3.63) is 100 Å². The SMILES string of the molecule is Cc1ccc(S(=O)(=O)n2cc(/C=C3\SC(=O)N(CCOc4cc(C)ccc4C(C)C)C3=O)c3ccccc32)cc1. The number of nitrogens with zero attached hydrogens (tertiary/aromatic N) is 2. The highest BCUT2D eigenvalue weighted by Crippen LogP contribution is 2.35. The third-order valence-electron chi connectivity index (χ3n) is 6.81. The number of thioether (sulfide) groups is 1. The van der Waals surface area contributed by atoms with Gasteiger partial charge in [-0.3, -0.25) is 14.5 Å². The van der Waals surface area contributed by atoms with Gasteiger partial charge in [0.15, 0.2) is 0 Å². The molecule has 0 saturated carbocycles. The van der Waals surface area contributed by atoms with Crippen LogP contribution in [0.4, 0.5) is 4.79 Å². The van der Waals surface area contributed by atoms with Crippen molar-refractivity contribution in [2.24, 2.45) is 0 Å². The molecular formula is C31H30N2O5S2. The number of aromatic nitrogens is 1. The Kier molecular flexibility index (Phi) is 7.61. The number of para-hydroxylation sites is 1. The largest absolute Gasteiger partial charge is 0.491 e. The van der Waals surface area contributed by atoms with E-state index in [0.29, 0.717) is 16.5 Å². The summed E-state index contributed by atoms with van der Waals surface area (Å²) in [4.78, 5) is 27.6. The third kappa shape index (κ3) is 5.31. The minimum atomic E-state index is -3.88. The van der Waals surface area contributed by atoms with E-state index in [1.807, 2.05) is 38.1 Å². The Hall–Kier alpha value is -3.82. The molecule has 0 radical (unpaired) electrons. The summed E-state index contributed by atoms with van der Waals surface area (Å²) >= 11 is 0.841. The van der Waals surface area contributed by atoms with Crippen LogP contribution in [0.25, 0.3) is 17.0 Å². The van der Waals surface area contributed by atoms with Crippen LogP contribution in [-0.2, 0) is 14.8 Å². The lowest BCUT2D eigenvalue weighted by Crippen LogP contribution is -2.32. The second-order valence-corrected chi connectivity index (χ2v) is 12.9. The Morgan fingerprint density at radius 1 is 0.950 bits per heavy atom. The molecule has 0 aliphatic carbocycles. The smallest absolute Gasteiger partial charge is 0.293 e. The topological polar surface area (TPSA) is 85.7 Å². The lowest BCUT2D eigenvalue weighted by atomic mass is 10.0. The van der Waals surface area contributed by atoms with Gasteiger partial charge in [0, 0.05) is 17.1 Å². The Bertz CT molecular complexity index is 1750. The molecule has 1 aliphatic rings. The van der Waals surface area contributed by atoms with E-state index < -0.39 is 15.9 Å². The predicted octanol–water partition coefficient (Wildman–Crippen LogP) is 6.73. The van der Waals surface area contributed by atoms with E-state index in [0.717, 1.165) is 34.2 Å². The van der Waals surface area contributed by atoms with E-state index >= 15 is 0 Å². The van der Waals surface area contributed by atoms with Gasteiger partial charge in [-0.15, -0.1) is 0 Å². The standard InChI is InChI=1S/C31H30N2O5S2/c1-20(2)25-14-11-22(4)17-28(25)38-16-15-32-30(34)29(39-31(32)35)18-23-19-33(27-8-6-5-7-26(23)27)40(36,37)24-12-9-21(3)10-13-24/h5-14,17-20H,15-16H2,1-4H3/b29-18-.